The number of H-pyrrole nitrogens is 1. The number of fused-ring (bicyclic) bond motifs is 1. The summed E-state index contributed by atoms with van der Waals surface area (Å²) in [7, 11) is 1.83. The number of rotatable bonds is 3. The lowest BCUT2D eigenvalue weighted by atomic mass is 9.99. The summed E-state index contributed by atoms with van der Waals surface area (Å²) in [6.45, 7) is 3.90. The van der Waals surface area contributed by atoms with Crippen LogP contribution in [0.4, 0.5) is 0 Å². The van der Waals surface area contributed by atoms with Crippen molar-refractivity contribution < 1.29 is 0 Å². The standard InChI is InChI=1S/C22H16N5O/c1-14-19-10-16(8-9-18(19)22(28)26-25-14)20-13-24-27(2)21(20)11-17(12-23)15-6-4-3-5-7-15/h3-11,13H,1H2,2H3,(H,26,28)/b17-11+. The minimum absolute atomic E-state index is 0.254. The summed E-state index contributed by atoms with van der Waals surface area (Å²) in [4.78, 5) is 12.0. The van der Waals surface area contributed by atoms with E-state index in [1.54, 1.807) is 16.9 Å². The monoisotopic (exact) mass is 366 g/mol. The second kappa shape index (κ2) is 6.97. The maximum absolute atomic E-state index is 12.0. The van der Waals surface area contributed by atoms with E-state index in [1.165, 1.54) is 0 Å². The van der Waals surface area contributed by atoms with Gasteiger partial charge in [0.15, 0.2) is 0 Å². The van der Waals surface area contributed by atoms with E-state index in [1.807, 2.05) is 55.6 Å². The Labute approximate surface area is 161 Å². The summed E-state index contributed by atoms with van der Waals surface area (Å²) in [6.07, 6.45) is 3.57. The number of benzene rings is 2. The van der Waals surface area contributed by atoms with Crippen molar-refractivity contribution in [3.8, 4) is 17.2 Å². The molecule has 0 fully saturated rings. The van der Waals surface area contributed by atoms with Gasteiger partial charge in [0, 0.05) is 18.0 Å². The molecule has 0 aliphatic heterocycles. The highest BCUT2D eigenvalue weighted by atomic mass is 16.1. The molecule has 0 aliphatic rings. The highest BCUT2D eigenvalue weighted by Crippen LogP contribution is 2.29. The van der Waals surface area contributed by atoms with Crippen LogP contribution in [-0.2, 0) is 7.05 Å². The first-order chi connectivity index (χ1) is 13.6. The van der Waals surface area contributed by atoms with Gasteiger partial charge >= 0.3 is 0 Å². The quantitative estimate of drug-likeness (QED) is 0.562. The van der Waals surface area contributed by atoms with Crippen LogP contribution in [0.15, 0.2) is 59.5 Å². The van der Waals surface area contributed by atoms with Gasteiger partial charge in [0.25, 0.3) is 5.56 Å². The van der Waals surface area contributed by atoms with Crippen LogP contribution in [0.25, 0.3) is 33.5 Å². The second-order valence-electron chi connectivity index (χ2n) is 6.36. The van der Waals surface area contributed by atoms with Gasteiger partial charge in [0.05, 0.1) is 34.6 Å². The SMILES string of the molecule is [CH2]c1n[nH]c(=O)c2ccc(-c3cnn(C)c3/C=C(\C#N)c3ccccc3)cc12. The van der Waals surface area contributed by atoms with Crippen molar-refractivity contribution >= 4 is 22.4 Å². The number of nitriles is 1. The van der Waals surface area contributed by atoms with Crippen LogP contribution in [0.2, 0.25) is 0 Å². The fraction of sp³-hybridized carbons (Fsp3) is 0.0455. The number of nitrogens with one attached hydrogen (secondary N) is 1. The summed E-state index contributed by atoms with van der Waals surface area (Å²) in [5.74, 6) is 0. The van der Waals surface area contributed by atoms with Crippen LogP contribution in [0.3, 0.4) is 0 Å². The summed E-state index contributed by atoms with van der Waals surface area (Å²) >= 11 is 0. The van der Waals surface area contributed by atoms with Gasteiger partial charge in [-0.25, -0.2) is 5.10 Å². The van der Waals surface area contributed by atoms with Crippen molar-refractivity contribution in [1.82, 2.24) is 20.0 Å². The molecule has 4 rings (SSSR count). The molecule has 28 heavy (non-hydrogen) atoms. The third-order valence-corrected chi connectivity index (χ3v) is 4.65. The Kier molecular flexibility index (Phi) is 4.34. The summed E-state index contributed by atoms with van der Waals surface area (Å²) in [5.41, 5.74) is 4.15. The van der Waals surface area contributed by atoms with Crippen LogP contribution in [0, 0.1) is 18.3 Å². The Hall–Kier alpha value is -3.98. The van der Waals surface area contributed by atoms with E-state index in [4.69, 9.17) is 0 Å². The number of aromatic nitrogens is 4. The van der Waals surface area contributed by atoms with E-state index in [0.29, 0.717) is 22.0 Å². The average Bonchev–Trinajstić information content (AvgIpc) is 3.09. The van der Waals surface area contributed by atoms with Gasteiger partial charge < -0.3 is 0 Å². The molecular formula is C22H16N5O. The number of aromatic amines is 1. The Morgan fingerprint density at radius 2 is 2.00 bits per heavy atom. The van der Waals surface area contributed by atoms with E-state index >= 15 is 0 Å². The van der Waals surface area contributed by atoms with Crippen molar-refractivity contribution in [2.45, 2.75) is 0 Å². The molecule has 0 spiro atoms. The Bertz CT molecular complexity index is 1310. The predicted molar refractivity (Wildman–Crippen MR) is 109 cm³/mol. The maximum Gasteiger partial charge on any atom is 0.272 e. The molecule has 1 N–H and O–H groups in total. The normalized spacial score (nSPS) is 11.5. The molecule has 1 radical (unpaired) electrons. The molecule has 0 bridgehead atoms. The minimum atomic E-state index is -0.254. The van der Waals surface area contributed by atoms with E-state index in [9.17, 15) is 10.1 Å². The Balaban J connectivity index is 1.89. The predicted octanol–water partition coefficient (Wildman–Crippen LogP) is 3.57. The van der Waals surface area contributed by atoms with Gasteiger partial charge in [-0.2, -0.15) is 15.5 Å². The molecule has 4 aromatic rings. The number of aryl methyl sites for hydroxylation is 1. The number of hydrogen-bond acceptors (Lipinski definition) is 4. The highest BCUT2D eigenvalue weighted by molar-refractivity contribution is 5.94. The van der Waals surface area contributed by atoms with Crippen molar-refractivity contribution in [3.05, 3.63) is 89.0 Å². The second-order valence-corrected chi connectivity index (χ2v) is 6.36. The Morgan fingerprint density at radius 1 is 1.21 bits per heavy atom. The first-order valence-corrected chi connectivity index (χ1v) is 8.62. The van der Waals surface area contributed by atoms with Gasteiger partial charge in [-0.05, 0) is 36.3 Å². The molecular weight excluding hydrogens is 350 g/mol. The van der Waals surface area contributed by atoms with Crippen molar-refractivity contribution in [1.29, 1.82) is 5.26 Å². The molecule has 2 heterocycles. The lowest BCUT2D eigenvalue weighted by Crippen LogP contribution is -2.09. The van der Waals surface area contributed by atoms with E-state index < -0.39 is 0 Å². The first kappa shape index (κ1) is 17.4. The Morgan fingerprint density at radius 3 is 2.75 bits per heavy atom. The van der Waals surface area contributed by atoms with Gasteiger partial charge in [0.2, 0.25) is 0 Å². The van der Waals surface area contributed by atoms with Crippen molar-refractivity contribution in [2.24, 2.45) is 7.05 Å². The third kappa shape index (κ3) is 2.99. The molecule has 6 heteroatoms. The smallest absolute Gasteiger partial charge is 0.268 e. The summed E-state index contributed by atoms with van der Waals surface area (Å²) < 4.78 is 1.72. The first-order valence-electron chi connectivity index (χ1n) is 8.62. The molecule has 2 aromatic carbocycles. The van der Waals surface area contributed by atoms with E-state index in [0.717, 1.165) is 22.4 Å². The van der Waals surface area contributed by atoms with Crippen LogP contribution >= 0.6 is 0 Å². The topological polar surface area (TPSA) is 87.4 Å². The zero-order valence-electron chi connectivity index (χ0n) is 15.2. The lowest BCUT2D eigenvalue weighted by molar-refractivity contribution is 0.760. The molecule has 0 saturated carbocycles. The fourth-order valence-corrected chi connectivity index (χ4v) is 3.16. The van der Waals surface area contributed by atoms with Crippen molar-refractivity contribution in [3.63, 3.8) is 0 Å². The number of nitrogens with zero attached hydrogens (tertiary/aromatic N) is 4. The number of hydrogen-bond donors (Lipinski definition) is 1. The van der Waals surface area contributed by atoms with Crippen molar-refractivity contribution in [2.75, 3.05) is 0 Å². The largest absolute Gasteiger partial charge is 0.272 e. The van der Waals surface area contributed by atoms with Gasteiger partial charge in [-0.15, -0.1) is 0 Å². The van der Waals surface area contributed by atoms with E-state index in [2.05, 4.69) is 28.3 Å². The maximum atomic E-state index is 12.0. The lowest BCUT2D eigenvalue weighted by Gasteiger charge is -2.06. The molecule has 135 valence electrons. The van der Waals surface area contributed by atoms with Gasteiger partial charge in [-0.3, -0.25) is 9.48 Å². The van der Waals surface area contributed by atoms with Gasteiger partial charge in [0.1, 0.15) is 0 Å². The molecule has 2 aromatic heterocycles. The minimum Gasteiger partial charge on any atom is -0.268 e. The van der Waals surface area contributed by atoms with Crippen LogP contribution in [0.5, 0.6) is 0 Å². The molecule has 6 nitrogen and oxygen atoms in total. The van der Waals surface area contributed by atoms with Crippen LogP contribution < -0.4 is 5.56 Å². The number of allylic oxidation sites excluding steroid dienone is 1. The summed E-state index contributed by atoms with van der Waals surface area (Å²) in [5, 5.41) is 21.6. The molecule has 0 atom stereocenters. The zero-order valence-corrected chi connectivity index (χ0v) is 15.2. The highest BCUT2D eigenvalue weighted by Gasteiger charge is 2.13. The molecule has 0 unspecified atom stereocenters. The molecule has 0 amide bonds. The average molecular weight is 366 g/mol. The van der Waals surface area contributed by atoms with Gasteiger partial charge in [-0.1, -0.05) is 36.4 Å². The molecule has 0 saturated heterocycles. The summed E-state index contributed by atoms with van der Waals surface area (Å²) in [6, 6.07) is 17.3. The van der Waals surface area contributed by atoms with Crippen LogP contribution in [-0.4, -0.2) is 20.0 Å². The third-order valence-electron chi connectivity index (χ3n) is 4.65. The zero-order chi connectivity index (χ0) is 19.7. The molecule has 0 aliphatic carbocycles. The van der Waals surface area contributed by atoms with Crippen LogP contribution in [0.1, 0.15) is 17.0 Å². The van der Waals surface area contributed by atoms with E-state index in [-0.39, 0.29) is 5.56 Å². The fourth-order valence-electron chi connectivity index (χ4n) is 3.16.